The van der Waals surface area contributed by atoms with Crippen molar-refractivity contribution in [1.29, 1.82) is 0 Å². The average Bonchev–Trinajstić information content (AvgIpc) is 2.65. The number of ether oxygens (including phenoxy) is 1. The smallest absolute Gasteiger partial charge is 0.120 e. The van der Waals surface area contributed by atoms with Crippen molar-refractivity contribution >= 4 is 16.6 Å². The summed E-state index contributed by atoms with van der Waals surface area (Å²) in [6, 6.07) is 13.1. The molecule has 3 rings (SSSR count). The molecular formula is C18H18FN3O2. The number of benzene rings is 1. The summed E-state index contributed by atoms with van der Waals surface area (Å²) in [7, 11) is 1.84. The first-order valence-electron chi connectivity index (χ1n) is 7.61. The number of anilines is 1. The van der Waals surface area contributed by atoms with Crippen LogP contribution in [0.5, 0.6) is 5.75 Å². The van der Waals surface area contributed by atoms with E-state index >= 15 is 0 Å². The highest BCUT2D eigenvalue weighted by atomic mass is 19.1. The number of hydrogen-bond acceptors (Lipinski definition) is 5. The van der Waals surface area contributed by atoms with Crippen LogP contribution in [0.4, 0.5) is 10.1 Å². The quantitative estimate of drug-likeness (QED) is 0.728. The molecule has 0 aliphatic heterocycles. The fourth-order valence-electron chi connectivity index (χ4n) is 2.27. The van der Waals surface area contributed by atoms with Gasteiger partial charge in [-0.3, -0.25) is 4.98 Å². The summed E-state index contributed by atoms with van der Waals surface area (Å²) in [5.41, 5.74) is 3.33. The predicted molar refractivity (Wildman–Crippen MR) is 92.0 cm³/mol. The van der Waals surface area contributed by atoms with E-state index in [4.69, 9.17) is 4.74 Å². The highest BCUT2D eigenvalue weighted by molar-refractivity contribution is 5.82. The van der Waals surface area contributed by atoms with Gasteiger partial charge in [0.15, 0.2) is 0 Å². The number of nitrogens with one attached hydrogen (secondary N) is 1. The van der Waals surface area contributed by atoms with E-state index in [0.717, 1.165) is 28.0 Å². The van der Waals surface area contributed by atoms with E-state index in [1.807, 2.05) is 43.4 Å². The largest absolute Gasteiger partial charge is 0.491 e. The molecule has 0 spiro atoms. The Morgan fingerprint density at radius 3 is 2.71 bits per heavy atom. The number of aliphatic hydroxyl groups is 1. The molecule has 0 saturated carbocycles. The van der Waals surface area contributed by atoms with E-state index in [0.29, 0.717) is 5.75 Å². The zero-order valence-corrected chi connectivity index (χ0v) is 13.2. The molecule has 0 aliphatic carbocycles. The van der Waals surface area contributed by atoms with E-state index in [9.17, 15) is 9.50 Å². The monoisotopic (exact) mass is 327 g/mol. The van der Waals surface area contributed by atoms with Crippen molar-refractivity contribution in [2.24, 2.45) is 0 Å². The molecule has 0 unspecified atom stereocenters. The van der Waals surface area contributed by atoms with E-state index in [2.05, 4.69) is 15.3 Å². The van der Waals surface area contributed by atoms with Crippen molar-refractivity contribution in [3.63, 3.8) is 0 Å². The van der Waals surface area contributed by atoms with Gasteiger partial charge < -0.3 is 15.2 Å². The Morgan fingerprint density at radius 1 is 1.17 bits per heavy atom. The van der Waals surface area contributed by atoms with Crippen LogP contribution in [-0.2, 0) is 0 Å². The van der Waals surface area contributed by atoms with E-state index in [1.54, 1.807) is 12.3 Å². The maximum absolute atomic E-state index is 12.2. The van der Waals surface area contributed by atoms with Crippen LogP contribution < -0.4 is 10.1 Å². The van der Waals surface area contributed by atoms with Crippen LogP contribution >= 0.6 is 0 Å². The summed E-state index contributed by atoms with van der Waals surface area (Å²) in [5, 5.41) is 13.1. The molecule has 0 bridgehead atoms. The molecule has 24 heavy (non-hydrogen) atoms. The number of aromatic nitrogens is 2. The van der Waals surface area contributed by atoms with E-state index in [-0.39, 0.29) is 6.61 Å². The van der Waals surface area contributed by atoms with Crippen molar-refractivity contribution in [2.75, 3.05) is 25.6 Å². The summed E-state index contributed by atoms with van der Waals surface area (Å²) < 4.78 is 17.6. The third-order valence-electron chi connectivity index (χ3n) is 3.60. The molecule has 5 nitrogen and oxygen atoms in total. The molecule has 0 saturated heterocycles. The summed E-state index contributed by atoms with van der Waals surface area (Å²) in [6.45, 7) is -0.896. The number of rotatable bonds is 6. The molecule has 0 fully saturated rings. The Morgan fingerprint density at radius 2 is 2.00 bits per heavy atom. The van der Waals surface area contributed by atoms with Gasteiger partial charge in [0.2, 0.25) is 0 Å². The Labute approximate surface area is 139 Å². The first-order chi connectivity index (χ1) is 11.7. The number of aliphatic hydroxyl groups excluding tert-OH is 1. The molecule has 2 aromatic heterocycles. The molecule has 124 valence electrons. The summed E-state index contributed by atoms with van der Waals surface area (Å²) >= 11 is 0. The minimum absolute atomic E-state index is 0.0742. The zero-order valence-electron chi connectivity index (χ0n) is 13.2. The number of halogens is 1. The van der Waals surface area contributed by atoms with Gasteiger partial charge in [-0.25, -0.2) is 9.37 Å². The lowest BCUT2D eigenvalue weighted by atomic mass is 10.1. The maximum atomic E-state index is 12.2. The molecule has 1 aromatic carbocycles. The van der Waals surface area contributed by atoms with Gasteiger partial charge in [0, 0.05) is 12.4 Å². The van der Waals surface area contributed by atoms with Crippen LogP contribution in [0.15, 0.2) is 48.7 Å². The van der Waals surface area contributed by atoms with Crippen LogP contribution in [0.25, 0.3) is 22.3 Å². The van der Waals surface area contributed by atoms with E-state index in [1.165, 1.54) is 0 Å². The minimum Gasteiger partial charge on any atom is -0.491 e. The second-order valence-corrected chi connectivity index (χ2v) is 5.35. The highest BCUT2D eigenvalue weighted by Gasteiger charge is 2.07. The van der Waals surface area contributed by atoms with Gasteiger partial charge in [-0.05, 0) is 36.4 Å². The second kappa shape index (κ2) is 7.23. The van der Waals surface area contributed by atoms with Crippen LogP contribution in [0.2, 0.25) is 0 Å². The van der Waals surface area contributed by atoms with Gasteiger partial charge in [0.25, 0.3) is 0 Å². The number of alkyl halides is 1. The van der Waals surface area contributed by atoms with Crippen LogP contribution in [-0.4, -0.2) is 41.5 Å². The third kappa shape index (κ3) is 3.60. The standard InChI is InChI=1S/C18H18FN3O2/c1-20-13-3-6-17(21-10-13)18-5-2-12-8-15(4-7-16(12)22-18)24-11-14(23)9-19/h2-8,10,14,20,23H,9,11H2,1H3/t14-/m1/s1. The van der Waals surface area contributed by atoms with Gasteiger partial charge in [0.1, 0.15) is 25.1 Å². The lowest BCUT2D eigenvalue weighted by Gasteiger charge is -2.10. The van der Waals surface area contributed by atoms with Crippen molar-refractivity contribution in [1.82, 2.24) is 9.97 Å². The average molecular weight is 327 g/mol. The lowest BCUT2D eigenvalue weighted by molar-refractivity contribution is 0.0842. The number of hydrogen-bond donors (Lipinski definition) is 2. The molecule has 2 N–H and O–H groups in total. The number of fused-ring (bicyclic) bond motifs is 1. The fourth-order valence-corrected chi connectivity index (χ4v) is 2.27. The molecule has 6 heteroatoms. The molecule has 0 amide bonds. The first-order valence-corrected chi connectivity index (χ1v) is 7.61. The lowest BCUT2D eigenvalue weighted by Crippen LogP contribution is -2.19. The van der Waals surface area contributed by atoms with E-state index < -0.39 is 12.8 Å². The van der Waals surface area contributed by atoms with Crippen LogP contribution in [0.1, 0.15) is 0 Å². The van der Waals surface area contributed by atoms with Gasteiger partial charge in [0.05, 0.1) is 28.8 Å². The normalized spacial score (nSPS) is 12.1. The molecular weight excluding hydrogens is 309 g/mol. The van der Waals surface area contributed by atoms with Gasteiger partial charge in [-0.1, -0.05) is 6.07 Å². The zero-order chi connectivity index (χ0) is 16.9. The second-order valence-electron chi connectivity index (χ2n) is 5.35. The highest BCUT2D eigenvalue weighted by Crippen LogP contribution is 2.24. The first kappa shape index (κ1) is 16.1. The van der Waals surface area contributed by atoms with Crippen molar-refractivity contribution in [3.8, 4) is 17.1 Å². The Bertz CT molecular complexity index is 824. The molecule has 3 aromatic rings. The van der Waals surface area contributed by atoms with Gasteiger partial charge in [-0.15, -0.1) is 0 Å². The molecule has 2 heterocycles. The minimum atomic E-state index is -1.10. The Hall–Kier alpha value is -2.73. The number of nitrogens with zero attached hydrogens (tertiary/aromatic N) is 2. The topological polar surface area (TPSA) is 67.3 Å². The Kier molecular flexibility index (Phi) is 4.86. The summed E-state index contributed by atoms with van der Waals surface area (Å²) in [4.78, 5) is 9.00. The number of pyridine rings is 2. The van der Waals surface area contributed by atoms with Crippen molar-refractivity contribution in [2.45, 2.75) is 6.10 Å². The summed E-state index contributed by atoms with van der Waals surface area (Å²) in [6.07, 6.45) is 0.654. The van der Waals surface area contributed by atoms with Gasteiger partial charge in [-0.2, -0.15) is 0 Å². The predicted octanol–water partition coefficient (Wildman–Crippen LogP) is 3.05. The molecule has 1 atom stereocenters. The fraction of sp³-hybridized carbons (Fsp3) is 0.222. The van der Waals surface area contributed by atoms with Crippen LogP contribution in [0, 0.1) is 0 Å². The Balaban J connectivity index is 1.83. The molecule has 0 aliphatic rings. The third-order valence-corrected chi connectivity index (χ3v) is 3.60. The SMILES string of the molecule is CNc1ccc(-c2ccc3cc(OC[C@H](O)CF)ccc3n2)nc1. The molecule has 0 radical (unpaired) electrons. The van der Waals surface area contributed by atoms with Crippen molar-refractivity contribution in [3.05, 3.63) is 48.7 Å². The van der Waals surface area contributed by atoms with Crippen LogP contribution in [0.3, 0.4) is 0 Å². The summed E-state index contributed by atoms with van der Waals surface area (Å²) in [5.74, 6) is 0.570. The van der Waals surface area contributed by atoms with Crippen molar-refractivity contribution < 1.29 is 14.2 Å². The maximum Gasteiger partial charge on any atom is 0.120 e. The van der Waals surface area contributed by atoms with Gasteiger partial charge >= 0.3 is 0 Å².